The zero-order valence-electron chi connectivity index (χ0n) is 9.67. The molecule has 2 aliphatic rings. The molecule has 0 aromatic heterocycles. The van der Waals surface area contributed by atoms with Crippen LogP contribution in [0.5, 0.6) is 0 Å². The first kappa shape index (κ1) is 12.8. The average molecular weight is 262 g/mol. The fraction of sp³-hybridized carbons (Fsp3) is 0.909. The second kappa shape index (κ2) is 4.94. The topological polar surface area (TPSA) is 80.7 Å². The molecule has 0 aliphatic carbocycles. The Morgan fingerprint density at radius 2 is 2.18 bits per heavy atom. The summed E-state index contributed by atoms with van der Waals surface area (Å²) in [5.41, 5.74) is 0. The van der Waals surface area contributed by atoms with Crippen LogP contribution in [0, 0.1) is 17.8 Å². The van der Waals surface area contributed by atoms with Crippen LogP contribution in [0.2, 0.25) is 0 Å². The highest BCUT2D eigenvalue weighted by Crippen LogP contribution is 2.32. The first-order valence-electron chi connectivity index (χ1n) is 5.99. The molecule has 6 heteroatoms. The Hall–Kier alpha value is -0.620. The Kier molecular flexibility index (Phi) is 3.73. The van der Waals surface area contributed by atoms with Gasteiger partial charge in [-0.05, 0) is 31.1 Å². The number of carboxylic acids is 1. The highest BCUT2D eigenvalue weighted by Gasteiger charge is 2.38. The molecule has 0 bridgehead atoms. The molecule has 0 amide bonds. The van der Waals surface area contributed by atoms with E-state index in [1.807, 2.05) is 0 Å². The van der Waals surface area contributed by atoms with E-state index in [4.69, 9.17) is 4.74 Å². The minimum Gasteiger partial charge on any atom is -0.481 e. The lowest BCUT2D eigenvalue weighted by Crippen LogP contribution is -2.27. The van der Waals surface area contributed by atoms with Gasteiger partial charge in [0.15, 0.2) is 9.84 Å². The molecule has 1 N–H and O–H groups in total. The first-order valence-corrected chi connectivity index (χ1v) is 7.81. The monoisotopic (exact) mass is 262 g/mol. The summed E-state index contributed by atoms with van der Waals surface area (Å²) in [5, 5.41) is 9.23. The summed E-state index contributed by atoms with van der Waals surface area (Å²) in [7, 11) is -3.00. The lowest BCUT2D eigenvalue weighted by Gasteiger charge is -2.20. The molecule has 2 heterocycles. The minimum atomic E-state index is -3.00. The van der Waals surface area contributed by atoms with Crippen LogP contribution in [0.3, 0.4) is 0 Å². The molecule has 0 aromatic carbocycles. The maximum absolute atomic E-state index is 11.4. The molecule has 0 aromatic rings. The Labute approximate surface area is 101 Å². The number of carbonyl (C=O) groups is 1. The molecule has 0 spiro atoms. The van der Waals surface area contributed by atoms with E-state index in [-0.39, 0.29) is 23.3 Å². The van der Waals surface area contributed by atoms with Crippen molar-refractivity contribution in [3.05, 3.63) is 0 Å². The van der Waals surface area contributed by atoms with Crippen molar-refractivity contribution in [2.45, 2.75) is 19.3 Å². The van der Waals surface area contributed by atoms with Gasteiger partial charge in [-0.1, -0.05) is 0 Å². The van der Waals surface area contributed by atoms with Gasteiger partial charge in [0.05, 0.1) is 17.4 Å². The van der Waals surface area contributed by atoms with Crippen LogP contribution < -0.4 is 0 Å². The van der Waals surface area contributed by atoms with Crippen LogP contribution in [0.1, 0.15) is 19.3 Å². The second-order valence-electron chi connectivity index (χ2n) is 5.07. The maximum Gasteiger partial charge on any atom is 0.306 e. The Bertz CT molecular complexity index is 383. The van der Waals surface area contributed by atoms with Crippen LogP contribution >= 0.6 is 0 Å². The SMILES string of the molecule is O=C(O)C(CC1CCOC1)C1CCS(=O)(=O)C1. The molecule has 0 radical (unpaired) electrons. The van der Waals surface area contributed by atoms with Gasteiger partial charge < -0.3 is 9.84 Å². The fourth-order valence-electron chi connectivity index (χ4n) is 2.76. The van der Waals surface area contributed by atoms with Gasteiger partial charge in [-0.25, -0.2) is 8.42 Å². The summed E-state index contributed by atoms with van der Waals surface area (Å²) in [6.07, 6.45) is 1.94. The van der Waals surface area contributed by atoms with Gasteiger partial charge in [-0.2, -0.15) is 0 Å². The fourth-order valence-corrected chi connectivity index (χ4v) is 4.64. The Balaban J connectivity index is 1.99. The second-order valence-corrected chi connectivity index (χ2v) is 7.30. The van der Waals surface area contributed by atoms with Crippen LogP contribution in [-0.2, 0) is 19.4 Å². The summed E-state index contributed by atoms with van der Waals surface area (Å²) in [4.78, 5) is 11.2. The van der Waals surface area contributed by atoms with E-state index in [0.29, 0.717) is 26.1 Å². The summed E-state index contributed by atoms with van der Waals surface area (Å²) < 4.78 is 28.0. The van der Waals surface area contributed by atoms with E-state index in [9.17, 15) is 18.3 Å². The predicted molar refractivity (Wildman–Crippen MR) is 61.4 cm³/mol. The van der Waals surface area contributed by atoms with Gasteiger partial charge >= 0.3 is 5.97 Å². The number of aliphatic carboxylic acids is 1. The zero-order chi connectivity index (χ0) is 12.5. The molecule has 98 valence electrons. The third-order valence-electron chi connectivity index (χ3n) is 3.77. The van der Waals surface area contributed by atoms with Crippen LogP contribution in [0.25, 0.3) is 0 Å². The molecule has 3 unspecified atom stereocenters. The van der Waals surface area contributed by atoms with Gasteiger partial charge in [0.25, 0.3) is 0 Å². The van der Waals surface area contributed by atoms with Crippen molar-refractivity contribution in [3.63, 3.8) is 0 Å². The molecular weight excluding hydrogens is 244 g/mol. The minimum absolute atomic E-state index is 0.0392. The van der Waals surface area contributed by atoms with Gasteiger partial charge in [0, 0.05) is 13.2 Å². The Morgan fingerprint density at radius 3 is 2.65 bits per heavy atom. The number of hydrogen-bond donors (Lipinski definition) is 1. The average Bonchev–Trinajstić information content (AvgIpc) is 2.83. The number of sulfone groups is 1. The van der Waals surface area contributed by atoms with E-state index in [2.05, 4.69) is 0 Å². The molecular formula is C11H18O5S. The molecule has 2 aliphatic heterocycles. The van der Waals surface area contributed by atoms with Gasteiger partial charge in [-0.15, -0.1) is 0 Å². The van der Waals surface area contributed by atoms with Crippen molar-refractivity contribution in [1.82, 2.24) is 0 Å². The summed E-state index contributed by atoms with van der Waals surface area (Å²) in [6.45, 7) is 1.31. The lowest BCUT2D eigenvalue weighted by molar-refractivity contribution is -0.144. The molecule has 3 atom stereocenters. The van der Waals surface area contributed by atoms with Gasteiger partial charge in [0.2, 0.25) is 0 Å². The van der Waals surface area contributed by atoms with Crippen molar-refractivity contribution < 1.29 is 23.1 Å². The number of carboxylic acid groups (broad SMARTS) is 1. The molecule has 17 heavy (non-hydrogen) atoms. The first-order chi connectivity index (χ1) is 7.98. The summed E-state index contributed by atoms with van der Waals surface area (Å²) >= 11 is 0. The molecule has 2 fully saturated rings. The van der Waals surface area contributed by atoms with E-state index in [1.54, 1.807) is 0 Å². The lowest BCUT2D eigenvalue weighted by atomic mass is 9.84. The highest BCUT2D eigenvalue weighted by molar-refractivity contribution is 7.91. The number of hydrogen-bond acceptors (Lipinski definition) is 4. The molecule has 0 saturated carbocycles. The normalized spacial score (nSPS) is 33.6. The van der Waals surface area contributed by atoms with Crippen molar-refractivity contribution in [1.29, 1.82) is 0 Å². The largest absolute Gasteiger partial charge is 0.481 e. The smallest absolute Gasteiger partial charge is 0.306 e. The van der Waals surface area contributed by atoms with Gasteiger partial charge in [-0.3, -0.25) is 4.79 Å². The van der Waals surface area contributed by atoms with E-state index >= 15 is 0 Å². The highest BCUT2D eigenvalue weighted by atomic mass is 32.2. The molecule has 5 nitrogen and oxygen atoms in total. The standard InChI is InChI=1S/C11H18O5S/c12-11(13)10(5-8-1-3-16-6-8)9-2-4-17(14,15)7-9/h8-10H,1-7H2,(H,12,13). The van der Waals surface area contributed by atoms with E-state index < -0.39 is 21.7 Å². The third-order valence-corrected chi connectivity index (χ3v) is 5.56. The van der Waals surface area contributed by atoms with Crippen LogP contribution in [0.15, 0.2) is 0 Å². The quantitative estimate of drug-likeness (QED) is 0.800. The maximum atomic E-state index is 11.4. The van der Waals surface area contributed by atoms with Crippen molar-refractivity contribution >= 4 is 15.8 Å². The third kappa shape index (κ3) is 3.19. The van der Waals surface area contributed by atoms with Crippen molar-refractivity contribution in [2.24, 2.45) is 17.8 Å². The van der Waals surface area contributed by atoms with Gasteiger partial charge in [0.1, 0.15) is 0 Å². The number of rotatable bonds is 4. The zero-order valence-corrected chi connectivity index (χ0v) is 10.5. The van der Waals surface area contributed by atoms with Crippen molar-refractivity contribution in [3.8, 4) is 0 Å². The molecule has 2 rings (SSSR count). The molecule has 2 saturated heterocycles. The Morgan fingerprint density at radius 1 is 1.41 bits per heavy atom. The predicted octanol–water partition coefficient (Wildman–Crippen LogP) is 0.548. The van der Waals surface area contributed by atoms with Crippen LogP contribution in [0.4, 0.5) is 0 Å². The van der Waals surface area contributed by atoms with Crippen molar-refractivity contribution in [2.75, 3.05) is 24.7 Å². The number of ether oxygens (including phenoxy) is 1. The van der Waals surface area contributed by atoms with Crippen LogP contribution in [-0.4, -0.2) is 44.2 Å². The summed E-state index contributed by atoms with van der Waals surface area (Å²) in [5.74, 6) is -1.14. The van der Waals surface area contributed by atoms with E-state index in [0.717, 1.165) is 6.42 Å². The summed E-state index contributed by atoms with van der Waals surface area (Å²) in [6, 6.07) is 0. The van der Waals surface area contributed by atoms with E-state index in [1.165, 1.54) is 0 Å².